The Morgan fingerprint density at radius 3 is 2.89 bits per heavy atom. The van der Waals surface area contributed by atoms with Gasteiger partial charge in [0.15, 0.2) is 0 Å². The van der Waals surface area contributed by atoms with Crippen molar-refractivity contribution in [3.8, 4) is 0 Å². The van der Waals surface area contributed by atoms with Crippen LogP contribution in [-0.4, -0.2) is 16.3 Å². The second-order valence-electron chi connectivity index (χ2n) is 1.45. The molecular formula is C4H3BrCl2N2. The molecule has 0 saturated carbocycles. The first-order valence-electron chi connectivity index (χ1n) is 2.19. The predicted molar refractivity (Wildman–Crippen MR) is 42.8 cm³/mol. The van der Waals surface area contributed by atoms with Gasteiger partial charge in [-0.25, -0.2) is 0 Å². The van der Waals surface area contributed by atoms with Crippen LogP contribution in [0, 0.1) is 0 Å². The van der Waals surface area contributed by atoms with E-state index in [9.17, 15) is 0 Å². The van der Waals surface area contributed by atoms with Crippen LogP contribution in [0.4, 0.5) is 0 Å². The molecule has 0 radical (unpaired) electrons. The number of alkyl halides is 1. The molecule has 0 aromatic heterocycles. The standard InChI is InChI=1S/C4H3BrCl2N2/c5-3-1-8-4(6)9(7)2-3/h1-2,4H. The molecule has 2 nitrogen and oxygen atoms in total. The Morgan fingerprint density at radius 1 is 1.78 bits per heavy atom. The fourth-order valence-electron chi connectivity index (χ4n) is 0.409. The fraction of sp³-hybridized carbons (Fsp3) is 0.250. The summed E-state index contributed by atoms with van der Waals surface area (Å²) in [4.78, 5) is 3.81. The van der Waals surface area contributed by atoms with Gasteiger partial charge in [0.25, 0.3) is 0 Å². The van der Waals surface area contributed by atoms with Crippen molar-refractivity contribution in [3.63, 3.8) is 0 Å². The highest BCUT2D eigenvalue weighted by Gasteiger charge is 2.10. The average Bonchev–Trinajstić information content (AvgIpc) is 1.80. The van der Waals surface area contributed by atoms with Crippen LogP contribution in [0.2, 0.25) is 0 Å². The molecule has 1 rings (SSSR count). The summed E-state index contributed by atoms with van der Waals surface area (Å²) in [6.45, 7) is 0. The highest BCUT2D eigenvalue weighted by Crippen LogP contribution is 2.18. The van der Waals surface area contributed by atoms with Crippen molar-refractivity contribution in [2.45, 2.75) is 5.62 Å². The molecule has 50 valence electrons. The molecule has 0 spiro atoms. The zero-order chi connectivity index (χ0) is 6.85. The number of rotatable bonds is 0. The number of halogens is 3. The Hall–Kier alpha value is 0.270. The first kappa shape index (κ1) is 7.38. The Kier molecular flexibility index (Phi) is 2.38. The largest absolute Gasteiger partial charge is 0.253 e. The van der Waals surface area contributed by atoms with Crippen LogP contribution >= 0.6 is 39.3 Å². The van der Waals surface area contributed by atoms with Gasteiger partial charge in [0.1, 0.15) is 0 Å². The van der Waals surface area contributed by atoms with Crippen molar-refractivity contribution >= 4 is 45.5 Å². The van der Waals surface area contributed by atoms with E-state index in [1.807, 2.05) is 0 Å². The van der Waals surface area contributed by atoms with Gasteiger partial charge in [0.2, 0.25) is 5.62 Å². The minimum atomic E-state index is -0.479. The van der Waals surface area contributed by atoms with Crippen molar-refractivity contribution in [2.24, 2.45) is 4.99 Å². The second kappa shape index (κ2) is 2.90. The Balaban J connectivity index is 2.70. The molecule has 1 aliphatic rings. The van der Waals surface area contributed by atoms with Gasteiger partial charge in [-0.3, -0.25) is 9.41 Å². The van der Waals surface area contributed by atoms with Crippen LogP contribution in [0.15, 0.2) is 15.7 Å². The smallest absolute Gasteiger partial charge is 0.210 e. The number of aliphatic imine (C=N–C) groups is 1. The molecule has 1 unspecified atom stereocenters. The van der Waals surface area contributed by atoms with Crippen LogP contribution in [0.5, 0.6) is 0 Å². The average molecular weight is 230 g/mol. The van der Waals surface area contributed by atoms with Crippen molar-refractivity contribution in [1.82, 2.24) is 4.42 Å². The maximum atomic E-state index is 5.56. The topological polar surface area (TPSA) is 15.6 Å². The summed E-state index contributed by atoms with van der Waals surface area (Å²) in [6.07, 6.45) is 3.25. The van der Waals surface area contributed by atoms with Gasteiger partial charge in [-0.05, 0) is 15.9 Å². The Bertz CT molecular complexity index is 168. The molecule has 0 aliphatic carbocycles. The van der Waals surface area contributed by atoms with Crippen LogP contribution in [0.25, 0.3) is 0 Å². The van der Waals surface area contributed by atoms with E-state index in [4.69, 9.17) is 23.4 Å². The zero-order valence-electron chi connectivity index (χ0n) is 4.26. The summed E-state index contributed by atoms with van der Waals surface area (Å²) >= 11 is 14.3. The van der Waals surface area contributed by atoms with E-state index in [0.29, 0.717) is 0 Å². The summed E-state index contributed by atoms with van der Waals surface area (Å²) in [5.41, 5.74) is -0.479. The molecule has 1 atom stereocenters. The highest BCUT2D eigenvalue weighted by atomic mass is 79.9. The summed E-state index contributed by atoms with van der Waals surface area (Å²) in [7, 11) is 0. The lowest BCUT2D eigenvalue weighted by Gasteiger charge is -2.16. The molecule has 9 heavy (non-hydrogen) atoms. The molecule has 0 fully saturated rings. The van der Waals surface area contributed by atoms with Crippen LogP contribution in [0.3, 0.4) is 0 Å². The third-order valence-electron chi connectivity index (χ3n) is 0.771. The van der Waals surface area contributed by atoms with Crippen LogP contribution in [-0.2, 0) is 0 Å². The van der Waals surface area contributed by atoms with E-state index >= 15 is 0 Å². The molecule has 0 aromatic carbocycles. The third kappa shape index (κ3) is 1.85. The molecule has 1 aliphatic heterocycles. The molecule has 0 N–H and O–H groups in total. The van der Waals surface area contributed by atoms with Crippen molar-refractivity contribution in [3.05, 3.63) is 10.7 Å². The summed E-state index contributed by atoms with van der Waals surface area (Å²) in [6, 6.07) is 0. The molecule has 5 heteroatoms. The zero-order valence-corrected chi connectivity index (χ0v) is 7.36. The Labute approximate surface area is 71.4 Å². The Morgan fingerprint density at radius 2 is 2.44 bits per heavy atom. The third-order valence-corrected chi connectivity index (χ3v) is 1.89. The lowest BCUT2D eigenvalue weighted by atomic mass is 10.6. The van der Waals surface area contributed by atoms with Gasteiger partial charge in [-0.15, -0.1) is 0 Å². The quantitative estimate of drug-likeness (QED) is 0.354. The number of allylic oxidation sites excluding steroid dienone is 1. The van der Waals surface area contributed by atoms with E-state index < -0.39 is 5.62 Å². The van der Waals surface area contributed by atoms with Gasteiger partial charge < -0.3 is 0 Å². The maximum Gasteiger partial charge on any atom is 0.210 e. The lowest BCUT2D eigenvalue weighted by Crippen LogP contribution is -2.17. The minimum Gasteiger partial charge on any atom is -0.253 e. The first-order chi connectivity index (χ1) is 4.20. The SMILES string of the molecule is ClC1N=CC(Br)=CN1Cl. The molecule has 0 amide bonds. The first-order valence-corrected chi connectivity index (χ1v) is 3.75. The summed E-state index contributed by atoms with van der Waals surface area (Å²) in [5.74, 6) is 0. The fourth-order valence-corrected chi connectivity index (χ4v) is 1.13. The normalized spacial score (nSPS) is 26.3. The van der Waals surface area contributed by atoms with Gasteiger partial charge in [0.05, 0.1) is 4.48 Å². The molecule has 0 aromatic rings. The monoisotopic (exact) mass is 228 g/mol. The van der Waals surface area contributed by atoms with Crippen molar-refractivity contribution in [1.29, 1.82) is 0 Å². The highest BCUT2D eigenvalue weighted by molar-refractivity contribution is 9.12. The van der Waals surface area contributed by atoms with E-state index in [0.717, 1.165) is 4.48 Å². The minimum absolute atomic E-state index is 0.479. The van der Waals surface area contributed by atoms with Crippen LogP contribution < -0.4 is 0 Å². The molecule has 0 bridgehead atoms. The summed E-state index contributed by atoms with van der Waals surface area (Å²) < 4.78 is 2.10. The second-order valence-corrected chi connectivity index (χ2v) is 3.14. The summed E-state index contributed by atoms with van der Waals surface area (Å²) in [5, 5.41) is 0. The maximum absolute atomic E-state index is 5.56. The van der Waals surface area contributed by atoms with E-state index in [1.165, 1.54) is 4.42 Å². The van der Waals surface area contributed by atoms with Gasteiger partial charge >= 0.3 is 0 Å². The van der Waals surface area contributed by atoms with Crippen LogP contribution in [0.1, 0.15) is 0 Å². The molecule has 0 saturated heterocycles. The van der Waals surface area contributed by atoms with E-state index in [1.54, 1.807) is 12.4 Å². The van der Waals surface area contributed by atoms with Gasteiger partial charge in [-0.2, -0.15) is 0 Å². The van der Waals surface area contributed by atoms with Crippen molar-refractivity contribution in [2.75, 3.05) is 0 Å². The van der Waals surface area contributed by atoms with Crippen molar-refractivity contribution < 1.29 is 0 Å². The van der Waals surface area contributed by atoms with Gasteiger partial charge in [-0.1, -0.05) is 11.6 Å². The molecule has 1 heterocycles. The number of nitrogens with zero attached hydrogens (tertiary/aromatic N) is 2. The van der Waals surface area contributed by atoms with Gasteiger partial charge in [0, 0.05) is 24.2 Å². The predicted octanol–water partition coefficient (Wildman–Crippen LogP) is 2.29. The lowest BCUT2D eigenvalue weighted by molar-refractivity contribution is 0.564. The van der Waals surface area contributed by atoms with E-state index in [2.05, 4.69) is 20.9 Å². The van der Waals surface area contributed by atoms with E-state index in [-0.39, 0.29) is 0 Å². The number of hydrogen-bond acceptors (Lipinski definition) is 2. The molecular weight excluding hydrogens is 227 g/mol. The number of hydrogen-bond donors (Lipinski definition) is 0.